The van der Waals surface area contributed by atoms with Crippen molar-refractivity contribution in [3.8, 4) is 0 Å². The topological polar surface area (TPSA) is 87.6 Å². The van der Waals surface area contributed by atoms with Crippen LogP contribution in [0.1, 0.15) is 18.4 Å². The highest BCUT2D eigenvalue weighted by molar-refractivity contribution is 7.89. The van der Waals surface area contributed by atoms with Crippen LogP contribution < -0.4 is 0 Å². The molecule has 7 heteroatoms. The van der Waals surface area contributed by atoms with Crippen LogP contribution >= 0.6 is 0 Å². The van der Waals surface area contributed by atoms with Crippen LogP contribution in [0.25, 0.3) is 0 Å². The summed E-state index contributed by atoms with van der Waals surface area (Å²) in [6.45, 7) is 0.211. The Balaban J connectivity index is 2.16. The maximum Gasteiger partial charge on any atom is 0.320 e. The van der Waals surface area contributed by atoms with Gasteiger partial charge in [0, 0.05) is 25.0 Å². The molecule has 1 N–H and O–H groups in total. The van der Waals surface area contributed by atoms with Crippen LogP contribution in [-0.2, 0) is 21.4 Å². The summed E-state index contributed by atoms with van der Waals surface area (Å²) in [5.41, 5.74) is 0.811. The van der Waals surface area contributed by atoms with Gasteiger partial charge in [0.15, 0.2) is 5.75 Å². The first-order chi connectivity index (χ1) is 8.49. The first-order valence-corrected chi connectivity index (χ1v) is 7.20. The Morgan fingerprint density at radius 2 is 2.00 bits per heavy atom. The van der Waals surface area contributed by atoms with Crippen molar-refractivity contribution in [2.24, 2.45) is 0 Å². The monoisotopic (exact) mass is 270 g/mol. The predicted molar refractivity (Wildman–Crippen MR) is 64.2 cm³/mol. The van der Waals surface area contributed by atoms with Crippen LogP contribution in [0.15, 0.2) is 24.5 Å². The molecule has 0 atom stereocenters. The van der Waals surface area contributed by atoms with E-state index in [1.807, 2.05) is 0 Å². The Bertz CT molecular complexity index is 525. The second-order valence-electron chi connectivity index (χ2n) is 4.28. The second kappa shape index (κ2) is 5.03. The summed E-state index contributed by atoms with van der Waals surface area (Å²) in [6, 6.07) is 3.40. The van der Waals surface area contributed by atoms with E-state index in [1.165, 1.54) is 4.31 Å². The van der Waals surface area contributed by atoms with Crippen molar-refractivity contribution in [3.05, 3.63) is 30.1 Å². The lowest BCUT2D eigenvalue weighted by Gasteiger charge is -2.20. The maximum atomic E-state index is 12.0. The molecule has 0 aliphatic heterocycles. The van der Waals surface area contributed by atoms with Crippen molar-refractivity contribution in [1.82, 2.24) is 9.29 Å². The molecule has 6 nitrogen and oxygen atoms in total. The SMILES string of the molecule is O=C(O)CS(=O)(=O)N(Cc1ccncc1)C1CC1. The summed E-state index contributed by atoms with van der Waals surface area (Å²) in [5, 5.41) is 8.65. The number of aliphatic carboxylic acids is 1. The number of carboxylic acids is 1. The van der Waals surface area contributed by atoms with Gasteiger partial charge in [-0.3, -0.25) is 9.78 Å². The molecule has 0 spiro atoms. The molecular formula is C11H14N2O4S. The van der Waals surface area contributed by atoms with E-state index >= 15 is 0 Å². The van der Waals surface area contributed by atoms with Gasteiger partial charge in [-0.05, 0) is 30.5 Å². The van der Waals surface area contributed by atoms with E-state index in [1.54, 1.807) is 24.5 Å². The quantitative estimate of drug-likeness (QED) is 0.811. The van der Waals surface area contributed by atoms with Crippen LogP contribution in [0.3, 0.4) is 0 Å². The minimum absolute atomic E-state index is 0.0532. The minimum Gasteiger partial charge on any atom is -0.480 e. The number of hydrogen-bond acceptors (Lipinski definition) is 4. The Morgan fingerprint density at radius 3 is 2.50 bits per heavy atom. The molecule has 1 heterocycles. The normalized spacial score (nSPS) is 15.8. The summed E-state index contributed by atoms with van der Waals surface area (Å²) < 4.78 is 25.2. The Hall–Kier alpha value is -1.47. The summed E-state index contributed by atoms with van der Waals surface area (Å²) in [6.07, 6.45) is 4.77. The van der Waals surface area contributed by atoms with Gasteiger partial charge >= 0.3 is 5.97 Å². The largest absolute Gasteiger partial charge is 0.480 e. The van der Waals surface area contributed by atoms with Crippen LogP contribution in [0.4, 0.5) is 0 Å². The lowest BCUT2D eigenvalue weighted by Crippen LogP contribution is -2.36. The van der Waals surface area contributed by atoms with Gasteiger partial charge in [0.1, 0.15) is 0 Å². The highest BCUT2D eigenvalue weighted by Crippen LogP contribution is 2.30. The second-order valence-corrected chi connectivity index (χ2v) is 6.20. The van der Waals surface area contributed by atoms with Gasteiger partial charge in [-0.2, -0.15) is 4.31 Å². The first kappa shape index (κ1) is 13.0. The van der Waals surface area contributed by atoms with Crippen LogP contribution in [-0.4, -0.2) is 40.6 Å². The molecule has 98 valence electrons. The summed E-state index contributed by atoms with van der Waals surface area (Å²) in [5.74, 6) is -2.18. The molecule has 0 amide bonds. The molecule has 1 saturated carbocycles. The lowest BCUT2D eigenvalue weighted by atomic mass is 10.3. The molecule has 0 aromatic carbocycles. The van der Waals surface area contributed by atoms with Gasteiger partial charge in [0.05, 0.1) is 0 Å². The number of rotatable bonds is 6. The highest BCUT2D eigenvalue weighted by Gasteiger charge is 2.38. The zero-order chi connectivity index (χ0) is 13.2. The van der Waals surface area contributed by atoms with Gasteiger partial charge in [0.25, 0.3) is 0 Å². The Labute approximate surface area is 105 Å². The van der Waals surface area contributed by atoms with Gasteiger partial charge in [0.2, 0.25) is 10.0 Å². The van der Waals surface area contributed by atoms with E-state index in [-0.39, 0.29) is 12.6 Å². The van der Waals surface area contributed by atoms with Crippen molar-refractivity contribution in [2.45, 2.75) is 25.4 Å². The number of sulfonamides is 1. The molecule has 0 bridgehead atoms. The van der Waals surface area contributed by atoms with Crippen LogP contribution in [0.5, 0.6) is 0 Å². The van der Waals surface area contributed by atoms with E-state index in [4.69, 9.17) is 5.11 Å². The van der Waals surface area contributed by atoms with E-state index in [0.29, 0.717) is 0 Å². The minimum atomic E-state index is -3.74. The van der Waals surface area contributed by atoms with E-state index in [2.05, 4.69) is 4.98 Å². The third-order valence-corrected chi connectivity index (χ3v) is 4.46. The summed E-state index contributed by atoms with van der Waals surface area (Å²) in [7, 11) is -3.74. The third kappa shape index (κ3) is 3.27. The highest BCUT2D eigenvalue weighted by atomic mass is 32.2. The fraction of sp³-hybridized carbons (Fsp3) is 0.455. The molecule has 1 aliphatic carbocycles. The number of carbonyl (C=O) groups is 1. The standard InChI is InChI=1S/C11H14N2O4S/c14-11(15)8-18(16,17)13(10-1-2-10)7-9-3-5-12-6-4-9/h3-6,10H,1-2,7-8H2,(H,14,15). The molecule has 2 rings (SSSR count). The van der Waals surface area contributed by atoms with Crippen molar-refractivity contribution in [1.29, 1.82) is 0 Å². The summed E-state index contributed by atoms with van der Waals surface area (Å²) in [4.78, 5) is 14.5. The molecule has 18 heavy (non-hydrogen) atoms. The zero-order valence-corrected chi connectivity index (χ0v) is 10.5. The molecule has 0 radical (unpaired) electrons. The van der Waals surface area contributed by atoms with Crippen molar-refractivity contribution >= 4 is 16.0 Å². The van der Waals surface area contributed by atoms with E-state index in [9.17, 15) is 13.2 Å². The van der Waals surface area contributed by atoms with Crippen molar-refractivity contribution < 1.29 is 18.3 Å². The average molecular weight is 270 g/mol. The molecule has 0 saturated heterocycles. The van der Waals surface area contributed by atoms with E-state index in [0.717, 1.165) is 18.4 Å². The molecule has 1 aromatic heterocycles. The molecular weight excluding hydrogens is 256 g/mol. The molecule has 0 unspecified atom stereocenters. The average Bonchev–Trinajstić information content (AvgIpc) is 3.09. The number of aromatic nitrogens is 1. The number of pyridine rings is 1. The van der Waals surface area contributed by atoms with E-state index < -0.39 is 21.7 Å². The fourth-order valence-corrected chi connectivity index (χ4v) is 3.21. The number of nitrogens with zero attached hydrogens (tertiary/aromatic N) is 2. The predicted octanol–water partition coefficient (Wildman–Crippen LogP) is 0.460. The molecule has 1 aromatic rings. The first-order valence-electron chi connectivity index (χ1n) is 5.59. The van der Waals surface area contributed by atoms with Crippen LogP contribution in [0.2, 0.25) is 0 Å². The van der Waals surface area contributed by atoms with Crippen molar-refractivity contribution in [3.63, 3.8) is 0 Å². The molecule has 1 aliphatic rings. The molecule has 1 fully saturated rings. The van der Waals surface area contributed by atoms with Crippen LogP contribution in [0, 0.1) is 0 Å². The fourth-order valence-electron chi connectivity index (χ4n) is 1.72. The van der Waals surface area contributed by atoms with Crippen molar-refractivity contribution in [2.75, 3.05) is 5.75 Å². The van der Waals surface area contributed by atoms with Gasteiger partial charge < -0.3 is 5.11 Å². The smallest absolute Gasteiger partial charge is 0.320 e. The lowest BCUT2D eigenvalue weighted by molar-refractivity contribution is -0.134. The maximum absolute atomic E-state index is 12.0. The Morgan fingerprint density at radius 1 is 1.39 bits per heavy atom. The Kier molecular flexibility index (Phi) is 3.63. The van der Waals surface area contributed by atoms with Gasteiger partial charge in [-0.25, -0.2) is 8.42 Å². The third-order valence-electron chi connectivity index (χ3n) is 2.71. The van der Waals surface area contributed by atoms with Gasteiger partial charge in [-0.1, -0.05) is 0 Å². The van der Waals surface area contributed by atoms with Gasteiger partial charge in [-0.15, -0.1) is 0 Å². The number of hydrogen-bond donors (Lipinski definition) is 1. The summed E-state index contributed by atoms with van der Waals surface area (Å²) >= 11 is 0. The number of carboxylic acid groups (broad SMARTS) is 1. The zero-order valence-electron chi connectivity index (χ0n) is 9.69.